The molecule has 0 spiro atoms. The molecule has 1 amide bonds. The largest absolute Gasteiger partial charge is 0.365 e. The molecule has 12 heavy (non-hydrogen) atoms. The average molecular weight is 171 g/mol. The van der Waals surface area contributed by atoms with Crippen LogP contribution in [0.15, 0.2) is 0 Å². The van der Waals surface area contributed by atoms with Gasteiger partial charge >= 0.3 is 0 Å². The van der Waals surface area contributed by atoms with Crippen molar-refractivity contribution in [2.24, 2.45) is 5.92 Å². The molecule has 0 radical (unpaired) electrons. The van der Waals surface area contributed by atoms with E-state index >= 15 is 0 Å². The quantitative estimate of drug-likeness (QED) is 0.586. The third-order valence-electron chi connectivity index (χ3n) is 2.28. The lowest BCUT2D eigenvalue weighted by Crippen LogP contribution is -2.36. The van der Waals surface area contributed by atoms with Crippen LogP contribution in [0.2, 0.25) is 0 Å². The fraction of sp³-hybridized carbons (Fsp3) is 0.889. The van der Waals surface area contributed by atoms with Crippen molar-refractivity contribution < 1.29 is 9.53 Å². The molecular weight excluding hydrogens is 154 g/mol. The van der Waals surface area contributed by atoms with Gasteiger partial charge in [0.25, 0.3) is 5.91 Å². The second kappa shape index (κ2) is 3.44. The standard InChI is InChI=1S/C9H17NO2/c1-6-5-7(2)12-8(6)9(11)10(3)4/h6-8H,5H2,1-4H3. The Morgan fingerprint density at radius 1 is 1.42 bits per heavy atom. The lowest BCUT2D eigenvalue weighted by Gasteiger charge is -2.18. The van der Waals surface area contributed by atoms with Gasteiger partial charge in [0.2, 0.25) is 0 Å². The number of carbonyl (C=O) groups is 1. The summed E-state index contributed by atoms with van der Waals surface area (Å²) in [4.78, 5) is 13.1. The summed E-state index contributed by atoms with van der Waals surface area (Å²) in [6, 6.07) is 0. The molecule has 0 aromatic heterocycles. The molecule has 1 fully saturated rings. The highest BCUT2D eigenvalue weighted by molar-refractivity contribution is 5.81. The van der Waals surface area contributed by atoms with E-state index in [1.165, 1.54) is 0 Å². The van der Waals surface area contributed by atoms with Gasteiger partial charge in [0, 0.05) is 14.1 Å². The highest BCUT2D eigenvalue weighted by atomic mass is 16.5. The Kier molecular flexibility index (Phi) is 2.73. The Balaban J connectivity index is 2.58. The Labute approximate surface area is 73.7 Å². The second-order valence-electron chi connectivity index (χ2n) is 3.81. The molecule has 1 heterocycles. The Bertz CT molecular complexity index is 179. The monoisotopic (exact) mass is 171 g/mol. The summed E-state index contributed by atoms with van der Waals surface area (Å²) in [5, 5.41) is 0. The molecule has 1 rings (SSSR count). The lowest BCUT2D eigenvalue weighted by atomic mass is 10.0. The van der Waals surface area contributed by atoms with Crippen LogP contribution < -0.4 is 0 Å². The number of nitrogens with zero attached hydrogens (tertiary/aromatic N) is 1. The molecule has 3 nitrogen and oxygen atoms in total. The smallest absolute Gasteiger partial charge is 0.251 e. The van der Waals surface area contributed by atoms with Crippen LogP contribution in [-0.2, 0) is 9.53 Å². The first-order valence-corrected chi connectivity index (χ1v) is 4.39. The molecule has 0 N–H and O–H groups in total. The molecule has 1 aliphatic rings. The number of likely N-dealkylation sites (N-methyl/N-ethyl adjacent to an activating group) is 1. The zero-order valence-electron chi connectivity index (χ0n) is 8.20. The van der Waals surface area contributed by atoms with Crippen molar-refractivity contribution >= 4 is 5.91 Å². The second-order valence-corrected chi connectivity index (χ2v) is 3.81. The number of rotatable bonds is 1. The fourth-order valence-corrected chi connectivity index (χ4v) is 1.64. The van der Waals surface area contributed by atoms with E-state index in [0.29, 0.717) is 5.92 Å². The summed E-state index contributed by atoms with van der Waals surface area (Å²) in [5.74, 6) is 0.446. The van der Waals surface area contributed by atoms with Crippen molar-refractivity contribution in [1.82, 2.24) is 4.90 Å². The fourth-order valence-electron chi connectivity index (χ4n) is 1.64. The zero-order valence-corrected chi connectivity index (χ0v) is 8.20. The topological polar surface area (TPSA) is 29.5 Å². The van der Waals surface area contributed by atoms with Crippen molar-refractivity contribution in [3.63, 3.8) is 0 Å². The van der Waals surface area contributed by atoms with Crippen molar-refractivity contribution in [2.75, 3.05) is 14.1 Å². The normalized spacial score (nSPS) is 35.2. The first kappa shape index (κ1) is 9.52. The molecule has 3 atom stereocenters. The van der Waals surface area contributed by atoms with Gasteiger partial charge < -0.3 is 9.64 Å². The van der Waals surface area contributed by atoms with Gasteiger partial charge in [0.15, 0.2) is 0 Å². The maximum Gasteiger partial charge on any atom is 0.251 e. The molecule has 1 saturated heterocycles. The molecule has 0 aromatic rings. The van der Waals surface area contributed by atoms with E-state index in [9.17, 15) is 4.79 Å². The van der Waals surface area contributed by atoms with Gasteiger partial charge in [-0.15, -0.1) is 0 Å². The Morgan fingerprint density at radius 3 is 2.33 bits per heavy atom. The number of carbonyl (C=O) groups excluding carboxylic acids is 1. The number of hydrogen-bond acceptors (Lipinski definition) is 2. The maximum atomic E-state index is 11.5. The zero-order chi connectivity index (χ0) is 9.30. The van der Waals surface area contributed by atoms with E-state index in [4.69, 9.17) is 4.74 Å². The predicted octanol–water partition coefficient (Wildman–Crippen LogP) is 0.888. The lowest BCUT2D eigenvalue weighted by molar-refractivity contribution is -0.141. The minimum Gasteiger partial charge on any atom is -0.365 e. The van der Waals surface area contributed by atoms with E-state index < -0.39 is 0 Å². The Hall–Kier alpha value is -0.570. The predicted molar refractivity (Wildman–Crippen MR) is 46.8 cm³/mol. The summed E-state index contributed by atoms with van der Waals surface area (Å²) >= 11 is 0. The number of amides is 1. The summed E-state index contributed by atoms with van der Waals surface area (Å²) in [5.41, 5.74) is 0. The molecular formula is C9H17NO2. The van der Waals surface area contributed by atoms with Gasteiger partial charge in [0.1, 0.15) is 6.10 Å². The van der Waals surface area contributed by atoms with E-state index in [2.05, 4.69) is 6.92 Å². The van der Waals surface area contributed by atoms with E-state index in [1.807, 2.05) is 6.92 Å². The van der Waals surface area contributed by atoms with Crippen LogP contribution in [-0.4, -0.2) is 37.1 Å². The van der Waals surface area contributed by atoms with E-state index in [0.717, 1.165) is 6.42 Å². The maximum absolute atomic E-state index is 11.5. The van der Waals surface area contributed by atoms with Gasteiger partial charge in [-0.2, -0.15) is 0 Å². The molecule has 0 bridgehead atoms. The van der Waals surface area contributed by atoms with Crippen LogP contribution in [0, 0.1) is 5.92 Å². The van der Waals surface area contributed by atoms with E-state index in [-0.39, 0.29) is 18.1 Å². The number of ether oxygens (including phenoxy) is 1. The van der Waals surface area contributed by atoms with Crippen LogP contribution >= 0.6 is 0 Å². The average Bonchev–Trinajstić information content (AvgIpc) is 2.28. The molecule has 0 aromatic carbocycles. The molecule has 3 unspecified atom stereocenters. The molecule has 0 saturated carbocycles. The third-order valence-corrected chi connectivity index (χ3v) is 2.28. The third kappa shape index (κ3) is 1.78. The van der Waals surface area contributed by atoms with Crippen molar-refractivity contribution in [3.05, 3.63) is 0 Å². The van der Waals surface area contributed by atoms with Gasteiger partial charge in [-0.05, 0) is 19.3 Å². The van der Waals surface area contributed by atoms with Crippen molar-refractivity contribution in [2.45, 2.75) is 32.5 Å². The SMILES string of the molecule is CC1CC(C)C(C(=O)N(C)C)O1. The first-order chi connectivity index (χ1) is 5.52. The van der Waals surface area contributed by atoms with Gasteiger partial charge in [-0.25, -0.2) is 0 Å². The van der Waals surface area contributed by atoms with Crippen LogP contribution in [0.1, 0.15) is 20.3 Å². The van der Waals surface area contributed by atoms with Gasteiger partial charge in [-0.1, -0.05) is 6.92 Å². The van der Waals surface area contributed by atoms with Gasteiger partial charge in [-0.3, -0.25) is 4.79 Å². The van der Waals surface area contributed by atoms with Crippen LogP contribution in [0.25, 0.3) is 0 Å². The van der Waals surface area contributed by atoms with Gasteiger partial charge in [0.05, 0.1) is 6.10 Å². The summed E-state index contributed by atoms with van der Waals surface area (Å²) in [6.45, 7) is 4.08. The highest BCUT2D eigenvalue weighted by Gasteiger charge is 2.35. The van der Waals surface area contributed by atoms with Crippen LogP contribution in [0.3, 0.4) is 0 Å². The minimum absolute atomic E-state index is 0.0897. The molecule has 70 valence electrons. The number of hydrogen-bond donors (Lipinski definition) is 0. The summed E-state index contributed by atoms with van der Waals surface area (Å²) < 4.78 is 5.51. The molecule has 1 aliphatic heterocycles. The Morgan fingerprint density at radius 2 is 2.00 bits per heavy atom. The van der Waals surface area contributed by atoms with Crippen LogP contribution in [0.5, 0.6) is 0 Å². The summed E-state index contributed by atoms with van der Waals surface area (Å²) in [7, 11) is 3.53. The first-order valence-electron chi connectivity index (χ1n) is 4.39. The van der Waals surface area contributed by atoms with Crippen LogP contribution in [0.4, 0.5) is 0 Å². The highest BCUT2D eigenvalue weighted by Crippen LogP contribution is 2.26. The van der Waals surface area contributed by atoms with Crippen molar-refractivity contribution in [1.29, 1.82) is 0 Å². The molecule has 0 aliphatic carbocycles. The van der Waals surface area contributed by atoms with Crippen molar-refractivity contribution in [3.8, 4) is 0 Å². The summed E-state index contributed by atoms with van der Waals surface area (Å²) in [6.07, 6.45) is 1.01. The van der Waals surface area contributed by atoms with E-state index in [1.54, 1.807) is 19.0 Å². The molecule has 3 heteroatoms. The minimum atomic E-state index is -0.213.